The molecule has 2 aliphatic rings. The van der Waals surface area contributed by atoms with Crippen molar-refractivity contribution < 1.29 is 9.59 Å². The number of carbonyl (C=O) groups is 2. The minimum absolute atomic E-state index is 0.00739. The molecular weight excluding hydrogens is 418 g/mol. The molecular formula is C26H33N3O2S. The van der Waals surface area contributed by atoms with Gasteiger partial charge in [-0.2, -0.15) is 0 Å². The number of hydrogen-bond acceptors (Lipinski definition) is 4. The van der Waals surface area contributed by atoms with E-state index in [0.717, 1.165) is 35.7 Å². The van der Waals surface area contributed by atoms with Gasteiger partial charge < -0.3 is 10.2 Å². The number of aryl methyl sites for hydroxylation is 1. The van der Waals surface area contributed by atoms with Crippen molar-refractivity contribution in [2.75, 3.05) is 24.5 Å². The van der Waals surface area contributed by atoms with Crippen molar-refractivity contribution in [2.24, 2.45) is 5.92 Å². The predicted octanol–water partition coefficient (Wildman–Crippen LogP) is 4.24. The summed E-state index contributed by atoms with van der Waals surface area (Å²) in [5.41, 5.74) is 3.21. The number of likely N-dealkylation sites (N-methyl/N-ethyl adjacent to an activating group) is 1. The molecule has 2 aromatic carbocycles. The topological polar surface area (TPSA) is 52.7 Å². The minimum atomic E-state index is -0.429. The zero-order chi connectivity index (χ0) is 22.7. The van der Waals surface area contributed by atoms with E-state index in [1.165, 1.54) is 23.7 Å². The van der Waals surface area contributed by atoms with Crippen molar-refractivity contribution in [3.05, 3.63) is 59.7 Å². The SMILES string of the molecule is CCN1CCC[C@@H]1CNC(=O)[C@@H](C)[C@@H]1Sc2ccccc2N(Cc2ccc(C)cc2)C1=O. The van der Waals surface area contributed by atoms with Gasteiger partial charge in [0.15, 0.2) is 0 Å². The maximum Gasteiger partial charge on any atom is 0.241 e. The highest BCUT2D eigenvalue weighted by molar-refractivity contribution is 8.01. The number of carbonyl (C=O) groups excluding carboxylic acids is 2. The van der Waals surface area contributed by atoms with Crippen LogP contribution in [0.3, 0.4) is 0 Å². The Bertz CT molecular complexity index is 962. The first-order valence-corrected chi connectivity index (χ1v) is 12.5. The van der Waals surface area contributed by atoms with Crippen molar-refractivity contribution in [3.63, 3.8) is 0 Å². The number of benzene rings is 2. The van der Waals surface area contributed by atoms with Crippen LogP contribution < -0.4 is 10.2 Å². The van der Waals surface area contributed by atoms with Gasteiger partial charge in [0.2, 0.25) is 11.8 Å². The van der Waals surface area contributed by atoms with E-state index in [2.05, 4.69) is 48.3 Å². The van der Waals surface area contributed by atoms with Gasteiger partial charge in [-0.25, -0.2) is 0 Å². The highest BCUT2D eigenvalue weighted by Gasteiger charge is 2.39. The average Bonchev–Trinajstić information content (AvgIpc) is 3.27. The Labute approximate surface area is 195 Å². The molecule has 1 fully saturated rings. The lowest BCUT2D eigenvalue weighted by molar-refractivity contribution is -0.128. The Morgan fingerprint density at radius 2 is 1.94 bits per heavy atom. The first-order chi connectivity index (χ1) is 15.5. The quantitative estimate of drug-likeness (QED) is 0.684. The maximum absolute atomic E-state index is 13.6. The van der Waals surface area contributed by atoms with E-state index in [-0.39, 0.29) is 11.8 Å². The summed E-state index contributed by atoms with van der Waals surface area (Å²) in [5, 5.41) is 2.71. The lowest BCUT2D eigenvalue weighted by Crippen LogP contribution is -2.48. The molecule has 0 bridgehead atoms. The largest absolute Gasteiger partial charge is 0.354 e. The number of nitrogens with zero attached hydrogens (tertiary/aromatic N) is 2. The Balaban J connectivity index is 1.49. The van der Waals surface area contributed by atoms with E-state index < -0.39 is 11.2 Å². The van der Waals surface area contributed by atoms with Crippen LogP contribution in [-0.4, -0.2) is 47.6 Å². The molecule has 2 aliphatic heterocycles. The van der Waals surface area contributed by atoms with Gasteiger partial charge in [-0.15, -0.1) is 11.8 Å². The molecule has 32 heavy (non-hydrogen) atoms. The van der Waals surface area contributed by atoms with E-state index in [9.17, 15) is 9.59 Å². The number of fused-ring (bicyclic) bond motifs is 1. The predicted molar refractivity (Wildman–Crippen MR) is 131 cm³/mol. The summed E-state index contributed by atoms with van der Waals surface area (Å²) in [5.74, 6) is -0.431. The van der Waals surface area contributed by atoms with E-state index in [1.807, 2.05) is 36.1 Å². The zero-order valence-electron chi connectivity index (χ0n) is 19.2. The number of hydrogen-bond donors (Lipinski definition) is 1. The lowest BCUT2D eigenvalue weighted by Gasteiger charge is -2.36. The fourth-order valence-corrected chi connectivity index (χ4v) is 5.94. The third-order valence-electron chi connectivity index (χ3n) is 6.67. The Hall–Kier alpha value is -2.31. The molecule has 2 amide bonds. The summed E-state index contributed by atoms with van der Waals surface area (Å²) in [6, 6.07) is 16.7. The number of likely N-dealkylation sites (tertiary alicyclic amines) is 1. The second-order valence-corrected chi connectivity index (χ2v) is 10.1. The van der Waals surface area contributed by atoms with Gasteiger partial charge in [-0.3, -0.25) is 14.5 Å². The number of nitrogens with one attached hydrogen (secondary N) is 1. The second-order valence-electron chi connectivity index (χ2n) is 8.87. The van der Waals surface area contributed by atoms with Gasteiger partial charge in [0.05, 0.1) is 18.2 Å². The van der Waals surface area contributed by atoms with Crippen molar-refractivity contribution in [1.29, 1.82) is 0 Å². The molecule has 2 heterocycles. The summed E-state index contributed by atoms with van der Waals surface area (Å²) in [4.78, 5) is 31.9. The second kappa shape index (κ2) is 10.1. The lowest BCUT2D eigenvalue weighted by atomic mass is 10.0. The standard InChI is InChI=1S/C26H33N3O2S/c1-4-28-15-7-8-21(28)16-27-25(30)19(3)24-26(31)29(17-20-13-11-18(2)12-14-20)22-9-5-6-10-23(22)32-24/h5-6,9-14,19,21,24H,4,7-8,15-17H2,1-3H3,(H,27,30)/t19-,21+,24-/m0/s1. The fraction of sp³-hybridized carbons (Fsp3) is 0.462. The van der Waals surface area contributed by atoms with Gasteiger partial charge in [0, 0.05) is 17.5 Å². The minimum Gasteiger partial charge on any atom is -0.354 e. The number of thioether (sulfide) groups is 1. The molecule has 6 heteroatoms. The molecule has 0 aliphatic carbocycles. The van der Waals surface area contributed by atoms with Gasteiger partial charge in [-0.05, 0) is 50.6 Å². The molecule has 0 spiro atoms. The van der Waals surface area contributed by atoms with E-state index in [0.29, 0.717) is 19.1 Å². The van der Waals surface area contributed by atoms with Crippen LogP contribution in [0.2, 0.25) is 0 Å². The van der Waals surface area contributed by atoms with Gasteiger partial charge in [-0.1, -0.05) is 55.8 Å². The Kier molecular flexibility index (Phi) is 7.21. The number of rotatable bonds is 7. The van der Waals surface area contributed by atoms with E-state index in [4.69, 9.17) is 0 Å². The Morgan fingerprint density at radius 3 is 2.69 bits per heavy atom. The third kappa shape index (κ3) is 4.86. The molecule has 0 unspecified atom stereocenters. The molecule has 2 aromatic rings. The van der Waals surface area contributed by atoms with E-state index >= 15 is 0 Å². The van der Waals surface area contributed by atoms with Crippen molar-refractivity contribution in [3.8, 4) is 0 Å². The van der Waals surface area contributed by atoms with Crippen molar-refractivity contribution >= 4 is 29.3 Å². The maximum atomic E-state index is 13.6. The number of amides is 2. The summed E-state index contributed by atoms with van der Waals surface area (Å²) >= 11 is 1.52. The van der Waals surface area contributed by atoms with E-state index in [1.54, 1.807) is 0 Å². The van der Waals surface area contributed by atoms with Crippen LogP contribution >= 0.6 is 11.8 Å². The van der Waals surface area contributed by atoms with Crippen LogP contribution in [0.4, 0.5) is 5.69 Å². The number of para-hydroxylation sites is 1. The zero-order valence-corrected chi connectivity index (χ0v) is 20.0. The van der Waals surface area contributed by atoms with Gasteiger partial charge in [0.1, 0.15) is 5.25 Å². The fourth-order valence-electron chi connectivity index (χ4n) is 4.65. The molecule has 1 saturated heterocycles. The van der Waals surface area contributed by atoms with Crippen molar-refractivity contribution in [2.45, 2.75) is 56.3 Å². The summed E-state index contributed by atoms with van der Waals surface area (Å²) in [6.07, 6.45) is 2.31. The van der Waals surface area contributed by atoms with Gasteiger partial charge >= 0.3 is 0 Å². The first-order valence-electron chi connectivity index (χ1n) is 11.6. The normalized spacial score (nSPS) is 22.0. The molecule has 5 nitrogen and oxygen atoms in total. The molecule has 1 N–H and O–H groups in total. The highest BCUT2D eigenvalue weighted by Crippen LogP contribution is 2.42. The van der Waals surface area contributed by atoms with Crippen LogP contribution in [-0.2, 0) is 16.1 Å². The summed E-state index contributed by atoms with van der Waals surface area (Å²) < 4.78 is 0. The smallest absolute Gasteiger partial charge is 0.241 e. The van der Waals surface area contributed by atoms with Crippen LogP contribution in [0.5, 0.6) is 0 Å². The van der Waals surface area contributed by atoms with Crippen LogP contribution in [0.25, 0.3) is 0 Å². The third-order valence-corrected chi connectivity index (χ3v) is 8.13. The molecule has 0 saturated carbocycles. The first kappa shape index (κ1) is 22.9. The average molecular weight is 452 g/mol. The molecule has 170 valence electrons. The van der Waals surface area contributed by atoms with Crippen LogP contribution in [0, 0.1) is 12.8 Å². The molecule has 0 radical (unpaired) electrons. The molecule has 0 aromatic heterocycles. The van der Waals surface area contributed by atoms with Crippen molar-refractivity contribution in [1.82, 2.24) is 10.2 Å². The van der Waals surface area contributed by atoms with Gasteiger partial charge in [0.25, 0.3) is 0 Å². The molecule has 4 rings (SSSR count). The number of anilines is 1. The summed E-state index contributed by atoms with van der Waals surface area (Å²) in [6.45, 7) is 9.39. The van der Waals surface area contributed by atoms with Crippen LogP contribution in [0.1, 0.15) is 37.8 Å². The summed E-state index contributed by atoms with van der Waals surface area (Å²) in [7, 11) is 0. The van der Waals surface area contributed by atoms with Crippen LogP contribution in [0.15, 0.2) is 53.4 Å². The monoisotopic (exact) mass is 451 g/mol. The molecule has 3 atom stereocenters. The highest BCUT2D eigenvalue weighted by atomic mass is 32.2. The Morgan fingerprint density at radius 1 is 1.19 bits per heavy atom.